The normalized spacial score (nSPS) is 16.9. The third-order valence-corrected chi connectivity index (χ3v) is 4.76. The van der Waals surface area contributed by atoms with Gasteiger partial charge in [-0.2, -0.15) is 0 Å². The third kappa shape index (κ3) is 10.9. The Morgan fingerprint density at radius 2 is 1.81 bits per heavy atom. The molecular weight excluding hydrogens is 451 g/mol. The summed E-state index contributed by atoms with van der Waals surface area (Å²) in [5, 5.41) is 16.9. The van der Waals surface area contributed by atoms with E-state index in [4.69, 9.17) is 0 Å². The molecule has 0 aromatic heterocycles. The molecule has 0 aliphatic carbocycles. The SMILES string of the molecule is CCNC(=NCC(O)Cc1ccccc1)NCCCN1CCCCCC1.I. The summed E-state index contributed by atoms with van der Waals surface area (Å²) in [6.45, 7) is 7.87. The van der Waals surface area contributed by atoms with Gasteiger partial charge >= 0.3 is 0 Å². The predicted octanol–water partition coefficient (Wildman–Crippen LogP) is 3.03. The second-order valence-corrected chi connectivity index (χ2v) is 7.10. The van der Waals surface area contributed by atoms with E-state index >= 15 is 0 Å². The van der Waals surface area contributed by atoms with Gasteiger partial charge in [0.25, 0.3) is 0 Å². The van der Waals surface area contributed by atoms with E-state index in [0.717, 1.165) is 37.6 Å². The van der Waals surface area contributed by atoms with Crippen LogP contribution in [0.15, 0.2) is 35.3 Å². The minimum absolute atomic E-state index is 0. The lowest BCUT2D eigenvalue weighted by atomic mass is 10.1. The van der Waals surface area contributed by atoms with E-state index < -0.39 is 6.10 Å². The summed E-state index contributed by atoms with van der Waals surface area (Å²) < 4.78 is 0. The summed E-state index contributed by atoms with van der Waals surface area (Å²) in [4.78, 5) is 7.13. The second-order valence-electron chi connectivity index (χ2n) is 7.10. The molecule has 0 saturated carbocycles. The number of nitrogens with one attached hydrogen (secondary N) is 2. The number of aliphatic hydroxyl groups excluding tert-OH is 1. The topological polar surface area (TPSA) is 59.9 Å². The van der Waals surface area contributed by atoms with Crippen LogP contribution < -0.4 is 10.6 Å². The Bertz CT molecular complexity index is 504. The molecule has 1 aliphatic heterocycles. The number of guanidine groups is 1. The summed E-state index contributed by atoms with van der Waals surface area (Å²) in [5.41, 5.74) is 1.14. The number of hydrogen-bond acceptors (Lipinski definition) is 3. The molecule has 0 bridgehead atoms. The zero-order chi connectivity index (χ0) is 18.5. The number of rotatable bonds is 9. The van der Waals surface area contributed by atoms with Crippen LogP contribution in [0, 0.1) is 0 Å². The molecule has 6 heteroatoms. The highest BCUT2D eigenvalue weighted by molar-refractivity contribution is 14.0. The van der Waals surface area contributed by atoms with Crippen molar-refractivity contribution in [3.8, 4) is 0 Å². The average molecular weight is 488 g/mol. The van der Waals surface area contributed by atoms with E-state index in [1.165, 1.54) is 38.8 Å². The van der Waals surface area contributed by atoms with Crippen molar-refractivity contribution in [2.75, 3.05) is 39.3 Å². The first kappa shape index (κ1) is 24.2. The Kier molecular flexibility index (Phi) is 13.5. The smallest absolute Gasteiger partial charge is 0.191 e. The van der Waals surface area contributed by atoms with Gasteiger partial charge in [0.2, 0.25) is 0 Å². The summed E-state index contributed by atoms with van der Waals surface area (Å²) >= 11 is 0. The van der Waals surface area contributed by atoms with E-state index in [2.05, 4.69) is 27.4 Å². The van der Waals surface area contributed by atoms with Crippen LogP contribution in [-0.2, 0) is 6.42 Å². The van der Waals surface area contributed by atoms with Gasteiger partial charge < -0.3 is 20.6 Å². The molecule has 3 N–H and O–H groups in total. The fraction of sp³-hybridized carbons (Fsp3) is 0.667. The zero-order valence-corrected chi connectivity index (χ0v) is 19.0. The molecule has 1 aromatic rings. The van der Waals surface area contributed by atoms with Crippen molar-refractivity contribution >= 4 is 29.9 Å². The lowest BCUT2D eigenvalue weighted by Gasteiger charge is -2.20. The predicted molar refractivity (Wildman–Crippen MR) is 125 cm³/mol. The van der Waals surface area contributed by atoms with Crippen molar-refractivity contribution in [2.45, 2.75) is 51.6 Å². The van der Waals surface area contributed by atoms with E-state index in [-0.39, 0.29) is 24.0 Å². The Labute approximate surface area is 182 Å². The molecule has 2 rings (SSSR count). The molecular formula is C21H37IN4O. The first-order valence-electron chi connectivity index (χ1n) is 10.2. The van der Waals surface area contributed by atoms with E-state index in [1.807, 2.05) is 30.3 Å². The summed E-state index contributed by atoms with van der Waals surface area (Å²) in [7, 11) is 0. The molecule has 0 radical (unpaired) electrons. The monoisotopic (exact) mass is 488 g/mol. The maximum atomic E-state index is 10.2. The van der Waals surface area contributed by atoms with Crippen LogP contribution >= 0.6 is 24.0 Å². The number of nitrogens with zero attached hydrogens (tertiary/aromatic N) is 2. The highest BCUT2D eigenvalue weighted by Crippen LogP contribution is 2.09. The zero-order valence-electron chi connectivity index (χ0n) is 16.7. The molecule has 0 amide bonds. The van der Waals surface area contributed by atoms with E-state index in [9.17, 15) is 5.11 Å². The van der Waals surface area contributed by atoms with Crippen LogP contribution in [0.5, 0.6) is 0 Å². The number of aliphatic hydroxyl groups is 1. The van der Waals surface area contributed by atoms with Crippen LogP contribution in [0.25, 0.3) is 0 Å². The molecule has 1 fully saturated rings. The minimum atomic E-state index is -0.454. The first-order valence-corrected chi connectivity index (χ1v) is 10.2. The molecule has 1 aromatic carbocycles. The van der Waals surface area contributed by atoms with Gasteiger partial charge in [-0.3, -0.25) is 4.99 Å². The quantitative estimate of drug-likeness (QED) is 0.217. The number of hydrogen-bond donors (Lipinski definition) is 3. The van der Waals surface area contributed by atoms with Crippen LogP contribution in [0.3, 0.4) is 0 Å². The van der Waals surface area contributed by atoms with Crippen molar-refractivity contribution in [3.05, 3.63) is 35.9 Å². The summed E-state index contributed by atoms with van der Waals surface area (Å²) in [6, 6.07) is 10.1. The van der Waals surface area contributed by atoms with Gasteiger partial charge in [0.05, 0.1) is 12.6 Å². The van der Waals surface area contributed by atoms with Crippen LogP contribution in [-0.4, -0.2) is 61.3 Å². The number of aliphatic imine (C=N–C) groups is 1. The van der Waals surface area contributed by atoms with E-state index in [1.54, 1.807) is 0 Å². The Hall–Kier alpha value is -0.860. The highest BCUT2D eigenvalue weighted by Gasteiger charge is 2.09. The number of benzene rings is 1. The van der Waals surface area contributed by atoms with Crippen LogP contribution in [0.2, 0.25) is 0 Å². The molecule has 27 heavy (non-hydrogen) atoms. The molecule has 1 atom stereocenters. The third-order valence-electron chi connectivity index (χ3n) is 4.76. The maximum Gasteiger partial charge on any atom is 0.191 e. The van der Waals surface area contributed by atoms with Gasteiger partial charge in [-0.1, -0.05) is 43.2 Å². The molecule has 1 saturated heterocycles. The van der Waals surface area contributed by atoms with Crippen LogP contribution in [0.4, 0.5) is 0 Å². The molecule has 154 valence electrons. The second kappa shape index (κ2) is 15.1. The largest absolute Gasteiger partial charge is 0.391 e. The summed E-state index contributed by atoms with van der Waals surface area (Å²) in [6.07, 6.45) is 6.77. The van der Waals surface area contributed by atoms with Crippen molar-refractivity contribution in [2.24, 2.45) is 4.99 Å². The highest BCUT2D eigenvalue weighted by atomic mass is 127. The molecule has 1 unspecified atom stereocenters. The fourth-order valence-corrected chi connectivity index (χ4v) is 3.36. The fourth-order valence-electron chi connectivity index (χ4n) is 3.36. The number of halogens is 1. The Morgan fingerprint density at radius 3 is 2.48 bits per heavy atom. The van der Waals surface area contributed by atoms with Gasteiger partial charge in [-0.25, -0.2) is 0 Å². The van der Waals surface area contributed by atoms with Gasteiger partial charge in [0.1, 0.15) is 0 Å². The van der Waals surface area contributed by atoms with Crippen molar-refractivity contribution in [1.29, 1.82) is 0 Å². The van der Waals surface area contributed by atoms with Crippen molar-refractivity contribution in [1.82, 2.24) is 15.5 Å². The lowest BCUT2D eigenvalue weighted by Crippen LogP contribution is -2.39. The van der Waals surface area contributed by atoms with Gasteiger partial charge in [0.15, 0.2) is 5.96 Å². The first-order chi connectivity index (χ1) is 12.8. The number of likely N-dealkylation sites (tertiary alicyclic amines) is 1. The standard InChI is InChI=1S/C21H36N4O.HI/c1-2-22-21(23-13-10-16-25-14-8-3-4-9-15-25)24-18-20(26)17-19-11-6-5-7-12-19;/h5-7,11-12,20,26H,2-4,8-10,13-18H2,1H3,(H2,22,23,24);1H. The van der Waals surface area contributed by atoms with Gasteiger partial charge in [0, 0.05) is 19.5 Å². The summed E-state index contributed by atoms with van der Waals surface area (Å²) in [5.74, 6) is 0.801. The van der Waals surface area contributed by atoms with E-state index in [0.29, 0.717) is 13.0 Å². The Morgan fingerprint density at radius 1 is 1.11 bits per heavy atom. The van der Waals surface area contributed by atoms with Crippen molar-refractivity contribution < 1.29 is 5.11 Å². The maximum absolute atomic E-state index is 10.2. The molecule has 0 spiro atoms. The Balaban J connectivity index is 0.00000364. The van der Waals surface area contributed by atoms with Gasteiger partial charge in [-0.05, 0) is 51.4 Å². The molecule has 1 heterocycles. The minimum Gasteiger partial charge on any atom is -0.391 e. The average Bonchev–Trinajstić information content (AvgIpc) is 2.93. The van der Waals surface area contributed by atoms with Crippen molar-refractivity contribution in [3.63, 3.8) is 0 Å². The molecule has 1 aliphatic rings. The van der Waals surface area contributed by atoms with Gasteiger partial charge in [-0.15, -0.1) is 24.0 Å². The van der Waals surface area contributed by atoms with Crippen LogP contribution in [0.1, 0.15) is 44.6 Å². The lowest BCUT2D eigenvalue weighted by molar-refractivity contribution is 0.183. The molecule has 5 nitrogen and oxygen atoms in total.